The molecular formula is C10H12Cl3NO2. The number of morpholine rings is 1. The molecule has 90 valence electrons. The van der Waals surface area contributed by atoms with Gasteiger partial charge in [0.15, 0.2) is 5.75 Å². The van der Waals surface area contributed by atoms with Crippen LogP contribution in [0.3, 0.4) is 0 Å². The molecule has 1 aliphatic rings. The second kappa shape index (κ2) is 5.94. The molecule has 0 saturated carbocycles. The minimum Gasteiger partial charge on any atom is -0.505 e. The third kappa shape index (κ3) is 2.93. The maximum atomic E-state index is 9.41. The van der Waals surface area contributed by atoms with Crippen LogP contribution < -0.4 is 5.32 Å². The molecule has 1 fully saturated rings. The predicted molar refractivity (Wildman–Crippen MR) is 66.9 cm³/mol. The van der Waals surface area contributed by atoms with Gasteiger partial charge in [-0.25, -0.2) is 0 Å². The smallest absolute Gasteiger partial charge is 0.152 e. The quantitative estimate of drug-likeness (QED) is 0.833. The molecule has 16 heavy (non-hydrogen) atoms. The predicted octanol–water partition coefficient (Wildman–Crippen LogP) is 2.78. The van der Waals surface area contributed by atoms with Gasteiger partial charge >= 0.3 is 0 Å². The first kappa shape index (κ1) is 13.9. The Bertz CT molecular complexity index is 344. The summed E-state index contributed by atoms with van der Waals surface area (Å²) in [5, 5.41) is 13.2. The van der Waals surface area contributed by atoms with Gasteiger partial charge in [-0.2, -0.15) is 0 Å². The van der Waals surface area contributed by atoms with E-state index in [9.17, 15) is 5.11 Å². The van der Waals surface area contributed by atoms with Gasteiger partial charge in [0, 0.05) is 6.54 Å². The molecule has 0 aromatic heterocycles. The van der Waals surface area contributed by atoms with Crippen LogP contribution >= 0.6 is 35.6 Å². The van der Waals surface area contributed by atoms with Crippen molar-refractivity contribution in [3.63, 3.8) is 0 Å². The van der Waals surface area contributed by atoms with Crippen LogP contribution in [0.1, 0.15) is 11.6 Å². The molecular weight excluding hydrogens is 272 g/mol. The zero-order chi connectivity index (χ0) is 10.8. The number of phenols is 1. The average molecular weight is 285 g/mol. The molecule has 1 atom stereocenters. The Kier molecular flexibility index (Phi) is 5.15. The Morgan fingerprint density at radius 3 is 2.44 bits per heavy atom. The van der Waals surface area contributed by atoms with Crippen molar-refractivity contribution in [3.05, 3.63) is 27.7 Å². The molecule has 2 N–H and O–H groups in total. The molecule has 0 aliphatic carbocycles. The Morgan fingerprint density at radius 1 is 1.31 bits per heavy atom. The summed E-state index contributed by atoms with van der Waals surface area (Å²) in [6, 6.07) is 3.50. The molecule has 3 nitrogen and oxygen atoms in total. The number of rotatable bonds is 1. The number of hydrogen-bond acceptors (Lipinski definition) is 3. The number of aromatic hydroxyl groups is 1. The lowest BCUT2D eigenvalue weighted by Crippen LogP contribution is -2.34. The molecule has 0 bridgehead atoms. The van der Waals surface area contributed by atoms with Gasteiger partial charge in [-0.1, -0.05) is 23.2 Å². The van der Waals surface area contributed by atoms with E-state index in [1.54, 1.807) is 12.1 Å². The highest BCUT2D eigenvalue weighted by Gasteiger charge is 2.17. The highest BCUT2D eigenvalue weighted by molar-refractivity contribution is 6.37. The topological polar surface area (TPSA) is 41.5 Å². The molecule has 0 radical (unpaired) electrons. The van der Waals surface area contributed by atoms with E-state index in [4.69, 9.17) is 27.9 Å². The molecule has 0 amide bonds. The first-order valence-electron chi connectivity index (χ1n) is 4.67. The highest BCUT2D eigenvalue weighted by atomic mass is 35.5. The van der Waals surface area contributed by atoms with Crippen LogP contribution in [0.25, 0.3) is 0 Å². The fourth-order valence-electron chi connectivity index (χ4n) is 1.57. The number of phenolic OH excluding ortho intramolecular Hbond substituents is 1. The highest BCUT2D eigenvalue weighted by Crippen LogP contribution is 2.34. The van der Waals surface area contributed by atoms with E-state index in [1.165, 1.54) is 0 Å². The molecule has 1 aromatic carbocycles. The second-order valence-corrected chi connectivity index (χ2v) is 4.23. The van der Waals surface area contributed by atoms with E-state index in [0.29, 0.717) is 6.61 Å². The van der Waals surface area contributed by atoms with Gasteiger partial charge in [-0.05, 0) is 17.7 Å². The third-order valence-electron chi connectivity index (χ3n) is 2.36. The summed E-state index contributed by atoms with van der Waals surface area (Å²) in [6.07, 6.45) is 0. The minimum atomic E-state index is -0.0705. The Morgan fingerprint density at radius 2 is 1.94 bits per heavy atom. The van der Waals surface area contributed by atoms with Crippen molar-refractivity contribution < 1.29 is 9.84 Å². The second-order valence-electron chi connectivity index (χ2n) is 3.41. The lowest BCUT2D eigenvalue weighted by atomic mass is 10.1. The first-order valence-corrected chi connectivity index (χ1v) is 5.43. The van der Waals surface area contributed by atoms with Crippen molar-refractivity contribution in [2.24, 2.45) is 0 Å². The molecule has 6 heteroatoms. The lowest BCUT2D eigenvalue weighted by molar-refractivity contribution is 0.0769. The number of nitrogens with one attached hydrogen (secondary N) is 1. The van der Waals surface area contributed by atoms with Crippen molar-refractivity contribution in [2.45, 2.75) is 6.04 Å². The summed E-state index contributed by atoms with van der Waals surface area (Å²) >= 11 is 11.7. The summed E-state index contributed by atoms with van der Waals surface area (Å²) in [7, 11) is 0. The first-order chi connectivity index (χ1) is 7.18. The summed E-state index contributed by atoms with van der Waals surface area (Å²) in [5.74, 6) is -0.0705. The van der Waals surface area contributed by atoms with Crippen LogP contribution in [0.2, 0.25) is 10.0 Å². The molecule has 0 unspecified atom stereocenters. The Labute approximate surface area is 110 Å². The molecule has 1 saturated heterocycles. The van der Waals surface area contributed by atoms with Crippen LogP contribution in [0, 0.1) is 0 Å². The normalized spacial score (nSPS) is 20.2. The fourth-order valence-corrected chi connectivity index (χ4v) is 2.07. The van der Waals surface area contributed by atoms with E-state index >= 15 is 0 Å². The van der Waals surface area contributed by atoms with Crippen LogP contribution in [-0.2, 0) is 4.74 Å². The van der Waals surface area contributed by atoms with E-state index in [1.807, 2.05) is 0 Å². The molecule has 1 aliphatic heterocycles. The van der Waals surface area contributed by atoms with Crippen molar-refractivity contribution in [3.8, 4) is 5.75 Å². The lowest BCUT2D eigenvalue weighted by Gasteiger charge is -2.24. The summed E-state index contributed by atoms with van der Waals surface area (Å²) in [5.41, 5.74) is 0.933. The van der Waals surface area contributed by atoms with Gasteiger partial charge in [0.05, 0.1) is 29.3 Å². The Balaban J connectivity index is 0.00000128. The maximum absolute atomic E-state index is 9.41. The number of benzene rings is 1. The van der Waals surface area contributed by atoms with Gasteiger partial charge in [0.1, 0.15) is 0 Å². The average Bonchev–Trinajstić information content (AvgIpc) is 2.26. The zero-order valence-electron chi connectivity index (χ0n) is 8.37. The standard InChI is InChI=1S/C10H11Cl2NO2.ClH/c11-7-3-6(4-8(12)10(7)14)9-5-15-2-1-13-9;/h3-4,9,13-14H,1-2,5H2;1H/t9-;/m0./s1. The molecule has 1 heterocycles. The van der Waals surface area contributed by atoms with E-state index in [2.05, 4.69) is 5.32 Å². The van der Waals surface area contributed by atoms with Gasteiger partial charge in [-0.3, -0.25) is 0 Å². The SMILES string of the molecule is Cl.Oc1c(Cl)cc([C@@H]2COCCN2)cc1Cl. The van der Waals surface area contributed by atoms with Gasteiger partial charge in [0.25, 0.3) is 0 Å². The van der Waals surface area contributed by atoms with Gasteiger partial charge in [-0.15, -0.1) is 12.4 Å². The van der Waals surface area contributed by atoms with Crippen LogP contribution in [0.15, 0.2) is 12.1 Å². The van der Waals surface area contributed by atoms with Crippen LogP contribution in [0.4, 0.5) is 0 Å². The summed E-state index contributed by atoms with van der Waals surface area (Å²) in [4.78, 5) is 0. The minimum absolute atomic E-state index is 0. The Hall–Kier alpha value is -0.190. The number of halogens is 3. The van der Waals surface area contributed by atoms with Crippen molar-refractivity contribution >= 4 is 35.6 Å². The number of ether oxygens (including phenoxy) is 1. The number of hydrogen-bond donors (Lipinski definition) is 2. The largest absolute Gasteiger partial charge is 0.505 e. The summed E-state index contributed by atoms with van der Waals surface area (Å²) in [6.45, 7) is 2.12. The van der Waals surface area contributed by atoms with Crippen LogP contribution in [-0.4, -0.2) is 24.9 Å². The van der Waals surface area contributed by atoms with Gasteiger partial charge in [0.2, 0.25) is 0 Å². The van der Waals surface area contributed by atoms with Crippen molar-refractivity contribution in [1.29, 1.82) is 0 Å². The van der Waals surface area contributed by atoms with Crippen molar-refractivity contribution in [2.75, 3.05) is 19.8 Å². The molecule has 1 aromatic rings. The third-order valence-corrected chi connectivity index (χ3v) is 2.94. The fraction of sp³-hybridized carbons (Fsp3) is 0.400. The summed E-state index contributed by atoms with van der Waals surface area (Å²) < 4.78 is 5.34. The van der Waals surface area contributed by atoms with Crippen molar-refractivity contribution in [1.82, 2.24) is 5.32 Å². The zero-order valence-corrected chi connectivity index (χ0v) is 10.7. The van der Waals surface area contributed by atoms with Gasteiger partial charge < -0.3 is 15.2 Å². The van der Waals surface area contributed by atoms with E-state index < -0.39 is 0 Å². The van der Waals surface area contributed by atoms with Crippen LogP contribution in [0.5, 0.6) is 5.75 Å². The van der Waals surface area contributed by atoms with E-state index in [-0.39, 0.29) is 34.2 Å². The molecule has 0 spiro atoms. The maximum Gasteiger partial charge on any atom is 0.152 e. The van der Waals surface area contributed by atoms with E-state index in [0.717, 1.165) is 18.7 Å². The monoisotopic (exact) mass is 283 g/mol. The molecule has 2 rings (SSSR count).